The SMILES string of the molecule is C=CCNc1nccc(C(=C)/C(=C/C/C=C\N=C)CN)n1. The van der Waals surface area contributed by atoms with Crippen molar-refractivity contribution < 1.29 is 0 Å². The van der Waals surface area contributed by atoms with Crippen LogP contribution >= 0.6 is 0 Å². The Bertz CT molecular complexity index is 558. The van der Waals surface area contributed by atoms with Crippen molar-refractivity contribution in [3.8, 4) is 0 Å². The first-order valence-electron chi connectivity index (χ1n) is 6.60. The van der Waals surface area contributed by atoms with Crippen LogP contribution in [-0.2, 0) is 0 Å². The highest BCUT2D eigenvalue weighted by Gasteiger charge is 2.06. The van der Waals surface area contributed by atoms with Crippen molar-refractivity contribution in [1.29, 1.82) is 0 Å². The van der Waals surface area contributed by atoms with Gasteiger partial charge in [-0.3, -0.25) is 4.99 Å². The van der Waals surface area contributed by atoms with Gasteiger partial charge in [0, 0.05) is 25.5 Å². The van der Waals surface area contributed by atoms with Gasteiger partial charge in [0.05, 0.1) is 5.69 Å². The van der Waals surface area contributed by atoms with Gasteiger partial charge in [-0.25, -0.2) is 9.97 Å². The maximum Gasteiger partial charge on any atom is 0.223 e. The summed E-state index contributed by atoms with van der Waals surface area (Å²) in [6, 6.07) is 1.81. The zero-order valence-electron chi connectivity index (χ0n) is 12.1. The molecule has 3 N–H and O–H groups in total. The second-order valence-corrected chi connectivity index (χ2v) is 4.15. The molecule has 0 spiro atoms. The van der Waals surface area contributed by atoms with Crippen molar-refractivity contribution in [2.45, 2.75) is 6.42 Å². The Morgan fingerprint density at radius 1 is 1.48 bits per heavy atom. The zero-order valence-corrected chi connectivity index (χ0v) is 12.1. The molecule has 0 aliphatic carbocycles. The third-order valence-electron chi connectivity index (χ3n) is 2.69. The lowest BCUT2D eigenvalue weighted by molar-refractivity contribution is 1.09. The van der Waals surface area contributed by atoms with E-state index in [9.17, 15) is 0 Å². The number of hydrogen-bond acceptors (Lipinski definition) is 5. The van der Waals surface area contributed by atoms with E-state index >= 15 is 0 Å². The lowest BCUT2D eigenvalue weighted by atomic mass is 10.0. The van der Waals surface area contributed by atoms with Crippen LogP contribution in [0.15, 0.2) is 60.4 Å². The van der Waals surface area contributed by atoms with E-state index in [0.717, 1.165) is 23.3 Å². The fourth-order valence-electron chi connectivity index (χ4n) is 1.62. The van der Waals surface area contributed by atoms with Gasteiger partial charge in [0.15, 0.2) is 0 Å². The van der Waals surface area contributed by atoms with Crippen molar-refractivity contribution >= 4 is 18.2 Å². The normalized spacial score (nSPS) is 11.4. The van der Waals surface area contributed by atoms with E-state index in [0.29, 0.717) is 19.0 Å². The van der Waals surface area contributed by atoms with Crippen molar-refractivity contribution in [3.05, 3.63) is 61.1 Å². The van der Waals surface area contributed by atoms with Crippen LogP contribution in [0.2, 0.25) is 0 Å². The Balaban J connectivity index is 2.86. The molecule has 0 unspecified atom stereocenters. The van der Waals surface area contributed by atoms with Crippen molar-refractivity contribution in [2.24, 2.45) is 10.7 Å². The molecule has 0 saturated heterocycles. The molecule has 1 aromatic rings. The van der Waals surface area contributed by atoms with E-state index in [2.05, 4.69) is 40.2 Å². The summed E-state index contributed by atoms with van der Waals surface area (Å²) in [5.74, 6) is 0.542. The van der Waals surface area contributed by atoms with Crippen molar-refractivity contribution in [2.75, 3.05) is 18.4 Å². The molecular formula is C16H21N5. The largest absolute Gasteiger partial charge is 0.351 e. The van der Waals surface area contributed by atoms with Gasteiger partial charge in [-0.05, 0) is 30.4 Å². The first-order valence-corrected chi connectivity index (χ1v) is 6.60. The molecule has 0 radical (unpaired) electrons. The predicted octanol–water partition coefficient (Wildman–Crippen LogP) is 2.58. The Morgan fingerprint density at radius 3 is 2.95 bits per heavy atom. The molecule has 5 nitrogen and oxygen atoms in total. The molecule has 1 heterocycles. The molecule has 0 atom stereocenters. The molecule has 0 bridgehead atoms. The van der Waals surface area contributed by atoms with Crippen LogP contribution in [0.3, 0.4) is 0 Å². The second kappa shape index (κ2) is 9.39. The average molecular weight is 283 g/mol. The number of allylic oxidation sites excluding steroid dienone is 2. The van der Waals surface area contributed by atoms with Crippen LogP contribution in [0.25, 0.3) is 5.57 Å². The van der Waals surface area contributed by atoms with Crippen molar-refractivity contribution in [3.63, 3.8) is 0 Å². The third kappa shape index (κ3) is 5.54. The summed E-state index contributed by atoms with van der Waals surface area (Å²) >= 11 is 0. The van der Waals surface area contributed by atoms with E-state index in [4.69, 9.17) is 5.73 Å². The number of nitrogens with two attached hydrogens (primary N) is 1. The molecule has 1 aromatic heterocycles. The molecular weight excluding hydrogens is 262 g/mol. The summed E-state index contributed by atoms with van der Waals surface area (Å²) in [6.07, 6.45) is 9.70. The second-order valence-electron chi connectivity index (χ2n) is 4.15. The molecule has 0 aliphatic heterocycles. The molecule has 110 valence electrons. The summed E-state index contributed by atoms with van der Waals surface area (Å²) in [5.41, 5.74) is 8.27. The van der Waals surface area contributed by atoms with Gasteiger partial charge in [-0.15, -0.1) is 6.58 Å². The number of aliphatic imine (C=N–C) groups is 1. The summed E-state index contributed by atoms with van der Waals surface area (Å²) in [5, 5.41) is 3.04. The van der Waals surface area contributed by atoms with Crippen LogP contribution in [0.5, 0.6) is 0 Å². The van der Waals surface area contributed by atoms with Gasteiger partial charge < -0.3 is 11.1 Å². The quantitative estimate of drug-likeness (QED) is 0.415. The number of anilines is 1. The van der Waals surface area contributed by atoms with Gasteiger partial charge in [0.2, 0.25) is 5.95 Å². The number of aromatic nitrogens is 2. The Morgan fingerprint density at radius 2 is 2.29 bits per heavy atom. The lowest BCUT2D eigenvalue weighted by Gasteiger charge is -2.09. The summed E-state index contributed by atoms with van der Waals surface area (Å²) < 4.78 is 0. The van der Waals surface area contributed by atoms with Crippen molar-refractivity contribution in [1.82, 2.24) is 9.97 Å². The molecule has 0 aliphatic rings. The molecule has 0 fully saturated rings. The fraction of sp³-hybridized carbons (Fsp3) is 0.188. The van der Waals surface area contributed by atoms with E-state index in [-0.39, 0.29) is 0 Å². The minimum Gasteiger partial charge on any atom is -0.351 e. The first-order chi connectivity index (χ1) is 10.2. The van der Waals surface area contributed by atoms with E-state index < -0.39 is 0 Å². The standard InChI is InChI=1S/C16H21N5/c1-4-9-19-16-20-11-8-15(21-16)13(2)14(12-17)7-5-6-10-18-3/h4,6-8,10-11H,1-3,5,9,12,17H2,(H,19,20,21)/b10-6-,14-7+. The predicted molar refractivity (Wildman–Crippen MR) is 90.2 cm³/mol. The molecule has 1 rings (SSSR count). The topological polar surface area (TPSA) is 76.2 Å². The average Bonchev–Trinajstić information content (AvgIpc) is 2.53. The maximum atomic E-state index is 5.78. The van der Waals surface area contributed by atoms with Crippen LogP contribution < -0.4 is 11.1 Å². The van der Waals surface area contributed by atoms with Crippen LogP contribution in [-0.4, -0.2) is 29.8 Å². The van der Waals surface area contributed by atoms with Crippen LogP contribution in [0, 0.1) is 0 Å². The van der Waals surface area contributed by atoms with E-state index in [1.54, 1.807) is 18.5 Å². The third-order valence-corrected chi connectivity index (χ3v) is 2.69. The zero-order chi connectivity index (χ0) is 15.5. The van der Waals surface area contributed by atoms with E-state index in [1.807, 2.05) is 18.2 Å². The Hall–Kier alpha value is -2.53. The summed E-state index contributed by atoms with van der Waals surface area (Å²) in [4.78, 5) is 12.2. The summed E-state index contributed by atoms with van der Waals surface area (Å²) in [7, 11) is 0. The molecule has 5 heteroatoms. The van der Waals surface area contributed by atoms with Gasteiger partial charge in [0.25, 0.3) is 0 Å². The summed E-state index contributed by atoms with van der Waals surface area (Å²) in [6.45, 7) is 12.1. The first kappa shape index (κ1) is 16.5. The number of nitrogens with zero attached hydrogens (tertiary/aromatic N) is 3. The number of rotatable bonds is 9. The Labute approximate surface area is 125 Å². The highest BCUT2D eigenvalue weighted by molar-refractivity contribution is 5.75. The highest BCUT2D eigenvalue weighted by atomic mass is 15.1. The molecule has 21 heavy (non-hydrogen) atoms. The number of nitrogens with one attached hydrogen (secondary N) is 1. The fourth-order valence-corrected chi connectivity index (χ4v) is 1.62. The molecule has 0 amide bonds. The number of hydrogen-bond donors (Lipinski definition) is 2. The molecule has 0 aromatic carbocycles. The van der Waals surface area contributed by atoms with Crippen LogP contribution in [0.4, 0.5) is 5.95 Å². The van der Waals surface area contributed by atoms with Crippen LogP contribution in [0.1, 0.15) is 12.1 Å². The van der Waals surface area contributed by atoms with Gasteiger partial charge >= 0.3 is 0 Å². The lowest BCUT2D eigenvalue weighted by Crippen LogP contribution is -2.08. The minimum atomic E-state index is 0.396. The minimum absolute atomic E-state index is 0.396. The van der Waals surface area contributed by atoms with Gasteiger partial charge in [0.1, 0.15) is 0 Å². The van der Waals surface area contributed by atoms with Gasteiger partial charge in [-0.2, -0.15) is 0 Å². The highest BCUT2D eigenvalue weighted by Crippen LogP contribution is 2.19. The van der Waals surface area contributed by atoms with Gasteiger partial charge in [-0.1, -0.05) is 24.8 Å². The maximum absolute atomic E-state index is 5.78. The Kier molecular flexibility index (Phi) is 7.39. The monoisotopic (exact) mass is 283 g/mol. The smallest absolute Gasteiger partial charge is 0.223 e. The molecule has 0 saturated carbocycles. The van der Waals surface area contributed by atoms with E-state index in [1.165, 1.54) is 0 Å².